The number of carbonyl (C=O) groups excluding carboxylic acids is 2. The van der Waals surface area contributed by atoms with Gasteiger partial charge in [-0.25, -0.2) is 4.98 Å². The molecule has 1 aromatic heterocycles. The van der Waals surface area contributed by atoms with Crippen molar-refractivity contribution in [1.29, 1.82) is 0 Å². The molecule has 0 unspecified atom stereocenters. The molecule has 2 aromatic rings. The van der Waals surface area contributed by atoms with E-state index < -0.39 is 5.54 Å². The van der Waals surface area contributed by atoms with Crippen molar-refractivity contribution in [3.8, 4) is 0 Å². The Labute approximate surface area is 135 Å². The third kappa shape index (κ3) is 3.66. The summed E-state index contributed by atoms with van der Waals surface area (Å²) in [5, 5.41) is 2.93. The van der Waals surface area contributed by atoms with Gasteiger partial charge in [0, 0.05) is 30.7 Å². The van der Waals surface area contributed by atoms with Crippen LogP contribution in [0.3, 0.4) is 0 Å². The lowest BCUT2D eigenvalue weighted by molar-refractivity contribution is -0.113. The maximum absolute atomic E-state index is 12.4. The number of aromatic amines is 1. The van der Waals surface area contributed by atoms with Crippen molar-refractivity contribution in [2.24, 2.45) is 0 Å². The predicted molar refractivity (Wildman–Crippen MR) is 89.1 cm³/mol. The molecule has 2 rings (SSSR count). The van der Waals surface area contributed by atoms with E-state index >= 15 is 0 Å². The van der Waals surface area contributed by atoms with E-state index in [1.807, 2.05) is 13.8 Å². The Hall–Kier alpha value is -2.89. The molecule has 1 aromatic carbocycles. The Morgan fingerprint density at radius 3 is 2.48 bits per heavy atom. The lowest BCUT2D eigenvalue weighted by Crippen LogP contribution is -2.41. The van der Waals surface area contributed by atoms with Crippen LogP contribution < -0.4 is 10.2 Å². The summed E-state index contributed by atoms with van der Waals surface area (Å²) in [6, 6.07) is 6.79. The first-order chi connectivity index (χ1) is 10.8. The lowest BCUT2D eigenvalue weighted by Gasteiger charge is -2.24. The molecule has 1 heterocycles. The van der Waals surface area contributed by atoms with Crippen LogP contribution in [0.25, 0.3) is 0 Å². The van der Waals surface area contributed by atoms with Crippen LogP contribution in [-0.2, 0) is 10.3 Å². The number of amides is 2. The molecule has 0 spiro atoms. The largest absolute Gasteiger partial charge is 0.347 e. The predicted octanol–water partition coefficient (Wildman–Crippen LogP) is 2.22. The summed E-state index contributed by atoms with van der Waals surface area (Å²) < 4.78 is 0. The molecule has 0 saturated heterocycles. The SMILES string of the molecule is C=CC(=O)N(C)c1ccc(C(=O)NC(C)(C)c2ncc[nH]2)cc1. The number of nitrogens with zero attached hydrogens (tertiary/aromatic N) is 2. The number of hydrogen-bond acceptors (Lipinski definition) is 3. The van der Waals surface area contributed by atoms with E-state index in [0.29, 0.717) is 17.1 Å². The highest BCUT2D eigenvalue weighted by Gasteiger charge is 2.25. The fourth-order valence-corrected chi connectivity index (χ4v) is 2.12. The van der Waals surface area contributed by atoms with Crippen LogP contribution in [0.5, 0.6) is 0 Å². The molecule has 0 aliphatic carbocycles. The number of aromatic nitrogens is 2. The number of H-pyrrole nitrogens is 1. The summed E-state index contributed by atoms with van der Waals surface area (Å²) in [5.41, 5.74) is 0.582. The standard InChI is InChI=1S/C17H20N4O2/c1-5-14(22)21(4)13-8-6-12(7-9-13)15(23)20-17(2,3)16-18-10-11-19-16/h5-11H,1H2,2-4H3,(H,18,19)(H,20,23). The molecular formula is C17H20N4O2. The van der Waals surface area contributed by atoms with E-state index in [4.69, 9.17) is 0 Å². The van der Waals surface area contributed by atoms with E-state index in [1.54, 1.807) is 43.7 Å². The summed E-state index contributed by atoms with van der Waals surface area (Å²) in [4.78, 5) is 32.6. The molecule has 2 N–H and O–H groups in total. The van der Waals surface area contributed by atoms with Gasteiger partial charge >= 0.3 is 0 Å². The highest BCUT2D eigenvalue weighted by Crippen LogP contribution is 2.18. The quantitative estimate of drug-likeness (QED) is 0.831. The zero-order chi connectivity index (χ0) is 17.0. The second-order valence-electron chi connectivity index (χ2n) is 5.67. The highest BCUT2D eigenvalue weighted by atomic mass is 16.2. The van der Waals surface area contributed by atoms with Gasteiger partial charge in [0.15, 0.2) is 0 Å². The van der Waals surface area contributed by atoms with Gasteiger partial charge in [-0.3, -0.25) is 9.59 Å². The van der Waals surface area contributed by atoms with Crippen molar-refractivity contribution in [3.63, 3.8) is 0 Å². The van der Waals surface area contributed by atoms with Crippen LogP contribution in [0.2, 0.25) is 0 Å². The van der Waals surface area contributed by atoms with Crippen LogP contribution in [-0.4, -0.2) is 28.8 Å². The van der Waals surface area contributed by atoms with Gasteiger partial charge in [-0.15, -0.1) is 0 Å². The van der Waals surface area contributed by atoms with Crippen molar-refractivity contribution in [2.45, 2.75) is 19.4 Å². The van der Waals surface area contributed by atoms with Crippen molar-refractivity contribution in [2.75, 3.05) is 11.9 Å². The molecule has 6 nitrogen and oxygen atoms in total. The fourth-order valence-electron chi connectivity index (χ4n) is 2.12. The normalized spacial score (nSPS) is 10.9. The number of benzene rings is 1. The average Bonchev–Trinajstić information content (AvgIpc) is 3.08. The van der Waals surface area contributed by atoms with Gasteiger partial charge in [0.05, 0.1) is 5.54 Å². The van der Waals surface area contributed by atoms with Crippen molar-refractivity contribution < 1.29 is 9.59 Å². The third-order valence-electron chi connectivity index (χ3n) is 3.54. The molecule has 23 heavy (non-hydrogen) atoms. The molecule has 0 radical (unpaired) electrons. The number of imidazole rings is 1. The second-order valence-corrected chi connectivity index (χ2v) is 5.67. The minimum absolute atomic E-state index is 0.207. The van der Waals surface area contributed by atoms with E-state index in [2.05, 4.69) is 21.9 Å². The summed E-state index contributed by atoms with van der Waals surface area (Å²) in [6.45, 7) is 7.19. The van der Waals surface area contributed by atoms with E-state index in [9.17, 15) is 9.59 Å². The molecule has 120 valence electrons. The van der Waals surface area contributed by atoms with E-state index in [1.165, 1.54) is 11.0 Å². The zero-order valence-corrected chi connectivity index (χ0v) is 13.5. The number of likely N-dealkylation sites (N-methyl/N-ethyl adjacent to an activating group) is 1. The zero-order valence-electron chi connectivity index (χ0n) is 13.5. The van der Waals surface area contributed by atoms with Gasteiger partial charge in [0.25, 0.3) is 5.91 Å². The summed E-state index contributed by atoms with van der Waals surface area (Å²) in [6.07, 6.45) is 4.60. The van der Waals surface area contributed by atoms with Gasteiger partial charge in [-0.05, 0) is 44.2 Å². The highest BCUT2D eigenvalue weighted by molar-refractivity contribution is 6.01. The first kappa shape index (κ1) is 16.5. The lowest BCUT2D eigenvalue weighted by atomic mass is 10.0. The molecule has 0 bridgehead atoms. The van der Waals surface area contributed by atoms with Crippen LogP contribution in [0.15, 0.2) is 49.3 Å². The Morgan fingerprint density at radius 1 is 1.30 bits per heavy atom. The minimum atomic E-state index is -0.616. The number of anilines is 1. The topological polar surface area (TPSA) is 78.1 Å². The minimum Gasteiger partial charge on any atom is -0.347 e. The van der Waals surface area contributed by atoms with E-state index in [0.717, 1.165) is 0 Å². The maximum Gasteiger partial charge on any atom is 0.252 e. The number of rotatable bonds is 5. The van der Waals surface area contributed by atoms with Crippen LogP contribution >= 0.6 is 0 Å². The van der Waals surface area contributed by atoms with Crippen molar-refractivity contribution in [1.82, 2.24) is 15.3 Å². The maximum atomic E-state index is 12.4. The Kier molecular flexibility index (Phi) is 4.64. The van der Waals surface area contributed by atoms with Gasteiger partial charge in [-0.2, -0.15) is 0 Å². The van der Waals surface area contributed by atoms with Crippen LogP contribution in [0.4, 0.5) is 5.69 Å². The van der Waals surface area contributed by atoms with Crippen LogP contribution in [0.1, 0.15) is 30.0 Å². The molecular weight excluding hydrogens is 292 g/mol. The third-order valence-corrected chi connectivity index (χ3v) is 3.54. The van der Waals surface area contributed by atoms with Gasteiger partial charge in [0.1, 0.15) is 5.82 Å². The first-order valence-corrected chi connectivity index (χ1v) is 7.17. The summed E-state index contributed by atoms with van der Waals surface area (Å²) in [7, 11) is 1.65. The Balaban J connectivity index is 2.12. The van der Waals surface area contributed by atoms with Gasteiger partial charge < -0.3 is 15.2 Å². The summed E-state index contributed by atoms with van der Waals surface area (Å²) >= 11 is 0. The summed E-state index contributed by atoms with van der Waals surface area (Å²) in [5.74, 6) is 0.260. The molecule has 2 amide bonds. The smallest absolute Gasteiger partial charge is 0.252 e. The monoisotopic (exact) mass is 312 g/mol. The molecule has 6 heteroatoms. The second kappa shape index (κ2) is 6.48. The molecule has 0 aliphatic rings. The van der Waals surface area contributed by atoms with Crippen molar-refractivity contribution in [3.05, 3.63) is 60.7 Å². The van der Waals surface area contributed by atoms with Gasteiger partial charge in [-0.1, -0.05) is 6.58 Å². The fraction of sp³-hybridized carbons (Fsp3) is 0.235. The number of carbonyl (C=O) groups is 2. The average molecular weight is 312 g/mol. The Bertz CT molecular complexity index is 703. The number of nitrogens with one attached hydrogen (secondary N) is 2. The molecule has 0 fully saturated rings. The molecule has 0 aliphatic heterocycles. The van der Waals surface area contributed by atoms with Crippen LogP contribution in [0, 0.1) is 0 Å². The molecule has 0 saturated carbocycles. The molecule has 0 atom stereocenters. The first-order valence-electron chi connectivity index (χ1n) is 7.17. The van der Waals surface area contributed by atoms with Gasteiger partial charge in [0.2, 0.25) is 5.91 Å². The van der Waals surface area contributed by atoms with Crippen molar-refractivity contribution >= 4 is 17.5 Å². The number of hydrogen-bond donors (Lipinski definition) is 2. The van der Waals surface area contributed by atoms with E-state index in [-0.39, 0.29) is 11.8 Å². The Morgan fingerprint density at radius 2 is 1.96 bits per heavy atom.